The van der Waals surface area contributed by atoms with Crippen molar-refractivity contribution in [3.05, 3.63) is 35.4 Å². The molecule has 0 radical (unpaired) electrons. The molecular weight excluding hydrogens is 298 g/mol. The maximum absolute atomic E-state index is 11.9. The third kappa shape index (κ3) is 3.57. The van der Waals surface area contributed by atoms with Gasteiger partial charge in [0.25, 0.3) is 0 Å². The lowest BCUT2D eigenvalue weighted by Crippen LogP contribution is -2.41. The van der Waals surface area contributed by atoms with Gasteiger partial charge in [-0.2, -0.15) is 0 Å². The molecule has 1 aromatic heterocycles. The van der Waals surface area contributed by atoms with Crippen molar-refractivity contribution in [1.82, 2.24) is 15.6 Å². The molecule has 3 amide bonds. The highest BCUT2D eigenvalue weighted by molar-refractivity contribution is 8.00. The fraction of sp³-hybridized carbons (Fsp3) is 0.312. The number of carbonyl (C=O) groups excluding carboxylic acids is 2. The van der Waals surface area contributed by atoms with Gasteiger partial charge in [0.05, 0.1) is 15.8 Å². The van der Waals surface area contributed by atoms with E-state index in [2.05, 4.69) is 15.6 Å². The summed E-state index contributed by atoms with van der Waals surface area (Å²) in [6, 6.07) is 7.54. The van der Waals surface area contributed by atoms with Gasteiger partial charge in [-0.25, -0.2) is 9.78 Å². The predicted octanol–water partition coefficient (Wildman–Crippen LogP) is 2.79. The first-order chi connectivity index (χ1) is 10.4. The Bertz CT molecular complexity index is 731. The lowest BCUT2D eigenvalue weighted by molar-refractivity contribution is -0.119. The molecular formula is C16H19N3O2S. The van der Waals surface area contributed by atoms with Gasteiger partial charge in [-0.05, 0) is 38.0 Å². The molecule has 0 fully saturated rings. The van der Waals surface area contributed by atoms with Crippen LogP contribution < -0.4 is 10.6 Å². The van der Waals surface area contributed by atoms with E-state index in [1.54, 1.807) is 6.92 Å². The number of rotatable bonds is 3. The Balaban J connectivity index is 2.23. The molecule has 0 aliphatic carbocycles. The summed E-state index contributed by atoms with van der Waals surface area (Å²) in [5, 5.41) is 6.12. The molecule has 0 unspecified atom stereocenters. The summed E-state index contributed by atoms with van der Waals surface area (Å²) in [5.41, 5.74) is 3.17. The number of para-hydroxylation sites is 1. The minimum absolute atomic E-state index is 0.339. The van der Waals surface area contributed by atoms with Crippen LogP contribution in [0, 0.1) is 13.8 Å². The van der Waals surface area contributed by atoms with Crippen LogP contribution in [0.2, 0.25) is 0 Å². The fourth-order valence-corrected chi connectivity index (χ4v) is 3.02. The van der Waals surface area contributed by atoms with Gasteiger partial charge in [-0.3, -0.25) is 10.1 Å². The number of benzene rings is 1. The standard InChI is InChI=1S/C16H19N3O2S/c1-9-6-5-7-12-10(2)8-13(18-14(9)12)22-11(3)15(20)19-16(21)17-4/h5-8,11H,1-4H3,(H2,17,19,20,21)/t11-/m1/s1. The van der Waals surface area contributed by atoms with Crippen molar-refractivity contribution >= 4 is 34.6 Å². The molecule has 1 heterocycles. The van der Waals surface area contributed by atoms with Crippen LogP contribution in [0.4, 0.5) is 4.79 Å². The minimum atomic E-state index is -0.504. The number of hydrogen-bond acceptors (Lipinski definition) is 4. The number of imide groups is 1. The second-order valence-electron chi connectivity index (χ2n) is 5.08. The Morgan fingerprint density at radius 3 is 2.64 bits per heavy atom. The van der Waals surface area contributed by atoms with Gasteiger partial charge >= 0.3 is 6.03 Å². The topological polar surface area (TPSA) is 71.1 Å². The van der Waals surface area contributed by atoms with Crippen LogP contribution in [0.3, 0.4) is 0 Å². The molecule has 2 rings (SSSR count). The Morgan fingerprint density at radius 2 is 1.95 bits per heavy atom. The second-order valence-corrected chi connectivity index (χ2v) is 6.44. The predicted molar refractivity (Wildman–Crippen MR) is 89.1 cm³/mol. The van der Waals surface area contributed by atoms with Crippen molar-refractivity contribution in [1.29, 1.82) is 0 Å². The van der Waals surface area contributed by atoms with Crippen LogP contribution in [0.15, 0.2) is 29.3 Å². The Kier molecular flexibility index (Phi) is 5.03. The first kappa shape index (κ1) is 16.3. The number of nitrogens with one attached hydrogen (secondary N) is 2. The number of aromatic nitrogens is 1. The van der Waals surface area contributed by atoms with Crippen molar-refractivity contribution < 1.29 is 9.59 Å². The highest BCUT2D eigenvalue weighted by atomic mass is 32.2. The van der Waals surface area contributed by atoms with Crippen molar-refractivity contribution in [3.63, 3.8) is 0 Å². The van der Waals surface area contributed by atoms with E-state index in [-0.39, 0.29) is 5.91 Å². The Morgan fingerprint density at radius 1 is 1.23 bits per heavy atom. The highest BCUT2D eigenvalue weighted by Gasteiger charge is 2.18. The molecule has 0 aliphatic heterocycles. The number of nitrogens with zero attached hydrogens (tertiary/aromatic N) is 1. The molecule has 6 heteroatoms. The van der Waals surface area contributed by atoms with Crippen LogP contribution >= 0.6 is 11.8 Å². The van der Waals surface area contributed by atoms with Crippen LogP contribution in [0.25, 0.3) is 10.9 Å². The molecule has 0 spiro atoms. The largest absolute Gasteiger partial charge is 0.341 e. The molecule has 1 aromatic carbocycles. The van der Waals surface area contributed by atoms with Gasteiger partial charge < -0.3 is 5.32 Å². The molecule has 2 aromatic rings. The molecule has 22 heavy (non-hydrogen) atoms. The number of pyridine rings is 1. The third-order valence-electron chi connectivity index (χ3n) is 3.36. The summed E-state index contributed by atoms with van der Waals surface area (Å²) in [6.07, 6.45) is 0. The minimum Gasteiger partial charge on any atom is -0.341 e. The van der Waals surface area contributed by atoms with Crippen LogP contribution in [-0.4, -0.2) is 29.2 Å². The van der Waals surface area contributed by atoms with E-state index >= 15 is 0 Å². The summed E-state index contributed by atoms with van der Waals surface area (Å²) in [4.78, 5) is 27.7. The first-order valence-electron chi connectivity index (χ1n) is 6.98. The molecule has 2 N–H and O–H groups in total. The van der Waals surface area contributed by atoms with Gasteiger partial charge in [-0.15, -0.1) is 0 Å². The smallest absolute Gasteiger partial charge is 0.321 e. The van der Waals surface area contributed by atoms with Gasteiger partial charge in [0, 0.05) is 12.4 Å². The van der Waals surface area contributed by atoms with E-state index in [4.69, 9.17) is 0 Å². The zero-order valence-electron chi connectivity index (χ0n) is 13.1. The normalized spacial score (nSPS) is 12.0. The molecule has 0 saturated heterocycles. The number of urea groups is 1. The molecule has 1 atom stereocenters. The summed E-state index contributed by atoms with van der Waals surface area (Å²) in [5.74, 6) is -0.339. The highest BCUT2D eigenvalue weighted by Crippen LogP contribution is 2.28. The van der Waals surface area contributed by atoms with Crippen molar-refractivity contribution in [2.45, 2.75) is 31.0 Å². The van der Waals surface area contributed by atoms with Gasteiger partial charge in [0.15, 0.2) is 0 Å². The summed E-state index contributed by atoms with van der Waals surface area (Å²) in [7, 11) is 1.47. The van der Waals surface area contributed by atoms with Crippen LogP contribution in [0.5, 0.6) is 0 Å². The number of amides is 3. The number of fused-ring (bicyclic) bond motifs is 1. The third-order valence-corrected chi connectivity index (χ3v) is 4.37. The summed E-state index contributed by atoms with van der Waals surface area (Å²) in [6.45, 7) is 5.80. The Labute approximate surface area is 133 Å². The van der Waals surface area contributed by atoms with Crippen LogP contribution in [-0.2, 0) is 4.79 Å². The maximum Gasteiger partial charge on any atom is 0.321 e. The van der Waals surface area contributed by atoms with Gasteiger partial charge in [-0.1, -0.05) is 30.0 Å². The lowest BCUT2D eigenvalue weighted by Gasteiger charge is -2.12. The zero-order valence-corrected chi connectivity index (χ0v) is 13.9. The molecule has 0 saturated carbocycles. The van der Waals surface area contributed by atoms with Gasteiger partial charge in [0.1, 0.15) is 0 Å². The molecule has 0 bridgehead atoms. The monoisotopic (exact) mass is 317 g/mol. The first-order valence-corrected chi connectivity index (χ1v) is 7.86. The number of hydrogen-bond donors (Lipinski definition) is 2. The molecule has 0 aliphatic rings. The molecule has 5 nitrogen and oxygen atoms in total. The van der Waals surface area contributed by atoms with E-state index < -0.39 is 11.3 Å². The number of aryl methyl sites for hydroxylation is 2. The average molecular weight is 317 g/mol. The SMILES string of the molecule is CNC(=O)NC(=O)[C@@H](C)Sc1cc(C)c2cccc(C)c2n1. The van der Waals surface area contributed by atoms with E-state index in [0.29, 0.717) is 0 Å². The van der Waals surface area contributed by atoms with E-state index in [9.17, 15) is 9.59 Å². The van der Waals surface area contributed by atoms with E-state index in [1.165, 1.54) is 18.8 Å². The average Bonchev–Trinajstić information content (AvgIpc) is 2.48. The van der Waals surface area contributed by atoms with Crippen molar-refractivity contribution in [3.8, 4) is 0 Å². The lowest BCUT2D eigenvalue weighted by atomic mass is 10.1. The number of thioether (sulfide) groups is 1. The fourth-order valence-electron chi connectivity index (χ4n) is 2.10. The summed E-state index contributed by atoms with van der Waals surface area (Å²) < 4.78 is 0. The summed E-state index contributed by atoms with van der Waals surface area (Å²) >= 11 is 1.34. The maximum atomic E-state index is 11.9. The molecule has 116 valence electrons. The van der Waals surface area contributed by atoms with Crippen molar-refractivity contribution in [2.75, 3.05) is 7.05 Å². The quantitative estimate of drug-likeness (QED) is 0.854. The van der Waals surface area contributed by atoms with E-state index in [0.717, 1.165) is 27.1 Å². The number of carbonyl (C=O) groups is 2. The van der Waals surface area contributed by atoms with Gasteiger partial charge in [0.2, 0.25) is 5.91 Å². The van der Waals surface area contributed by atoms with Crippen LogP contribution in [0.1, 0.15) is 18.1 Å². The second kappa shape index (κ2) is 6.79. The van der Waals surface area contributed by atoms with E-state index in [1.807, 2.05) is 38.1 Å². The zero-order chi connectivity index (χ0) is 16.3. The Hall–Kier alpha value is -2.08. The van der Waals surface area contributed by atoms with Crippen molar-refractivity contribution in [2.24, 2.45) is 0 Å².